The van der Waals surface area contributed by atoms with Gasteiger partial charge in [0.1, 0.15) is 11.4 Å². The van der Waals surface area contributed by atoms with Crippen LogP contribution in [0.25, 0.3) is 0 Å². The minimum atomic E-state index is -0.242. The molecule has 0 radical (unpaired) electrons. The molecule has 456 valence electrons. The van der Waals surface area contributed by atoms with E-state index in [0.717, 1.165) is 23.0 Å². The van der Waals surface area contributed by atoms with Gasteiger partial charge in [0.2, 0.25) is 0 Å². The Morgan fingerprint density at radius 3 is 0.863 bits per heavy atom. The largest absolute Gasteiger partial charge is 0.290 e. The van der Waals surface area contributed by atoms with Gasteiger partial charge in [-0.3, -0.25) is 9.59 Å². The monoisotopic (exact) mass is 1120 g/mol. The van der Waals surface area contributed by atoms with E-state index in [1.54, 1.807) is 14.2 Å². The van der Waals surface area contributed by atoms with Crippen LogP contribution in [0.15, 0.2) is 22.0 Å². The third-order valence-corrected chi connectivity index (χ3v) is 11.5. The Morgan fingerprint density at radius 2 is 0.700 bits per heavy atom. The number of hydrogen-bond donors (Lipinski definition) is 2. The molecule has 6 aromatic heterocycles. The number of aromatic nitrogens is 20. The molecule has 0 aliphatic heterocycles. The third kappa shape index (κ3) is 22.0. The fourth-order valence-corrected chi connectivity index (χ4v) is 6.26. The molecule has 2 N–H and O–H groups in total. The summed E-state index contributed by atoms with van der Waals surface area (Å²) in [5.41, 5.74) is 2.39. The molecule has 80 heavy (non-hydrogen) atoms. The highest BCUT2D eigenvalue weighted by molar-refractivity contribution is 5.10. The van der Waals surface area contributed by atoms with Crippen LogP contribution < -0.4 is 11.1 Å². The van der Waals surface area contributed by atoms with Gasteiger partial charge in [-0.05, 0) is 140 Å². The van der Waals surface area contributed by atoms with Crippen LogP contribution in [-0.2, 0) is 65.7 Å². The van der Waals surface area contributed by atoms with Crippen LogP contribution in [0.4, 0.5) is 0 Å². The number of nitrogens with zero attached hydrogens (tertiary/aromatic N) is 18. The van der Waals surface area contributed by atoms with Crippen LogP contribution in [-0.4, -0.2) is 100 Å². The molecule has 0 atom stereocenters. The van der Waals surface area contributed by atoms with Crippen molar-refractivity contribution in [3.05, 3.63) is 67.5 Å². The fourth-order valence-electron chi connectivity index (χ4n) is 6.26. The molecule has 6 rings (SSSR count). The normalized spacial score (nSPS) is 13.3. The Morgan fingerprint density at radius 1 is 0.350 bits per heavy atom. The van der Waals surface area contributed by atoms with E-state index in [-0.39, 0.29) is 76.8 Å². The van der Waals surface area contributed by atoms with Gasteiger partial charge >= 0.3 is 0 Å². The van der Waals surface area contributed by atoms with E-state index < -0.39 is 0 Å². The Labute approximate surface area is 481 Å². The lowest BCUT2D eigenvalue weighted by molar-refractivity contribution is 0.303. The SMILES string of the molecule is CC(C)(C)c1cn(C(C)(C)C)nn1.CC(C)(C)c1cn(C(C)(C)C)nn1.CC(C)(C)c1n[nH]n(C(C)(C)C)c1=O.CC(C)(C)c1n[nH]n(C(C)(C)C)c1=O.CC(C)(C)c1nnn(C(C)(C)C)n1.CC(C)(C)c1nnnn1C(C)(C)C. The van der Waals surface area contributed by atoms with Crippen molar-refractivity contribution in [2.45, 2.75) is 315 Å². The minimum Gasteiger partial charge on any atom is -0.266 e. The van der Waals surface area contributed by atoms with E-state index in [2.05, 4.69) is 238 Å². The smallest absolute Gasteiger partial charge is 0.266 e. The summed E-state index contributed by atoms with van der Waals surface area (Å²) in [5.74, 6) is 1.72. The molecule has 0 spiro atoms. The number of tetrazole rings is 2. The highest BCUT2D eigenvalue weighted by atomic mass is 16.1. The van der Waals surface area contributed by atoms with E-state index in [1.165, 1.54) is 0 Å². The van der Waals surface area contributed by atoms with Crippen molar-refractivity contribution < 1.29 is 0 Å². The highest BCUT2D eigenvalue weighted by Crippen LogP contribution is 2.26. The summed E-state index contributed by atoms with van der Waals surface area (Å²) in [6.45, 7) is 74.3. The molecule has 0 aliphatic carbocycles. The topological polar surface area (TPSA) is 250 Å². The van der Waals surface area contributed by atoms with Crippen molar-refractivity contribution in [1.82, 2.24) is 100 Å². The summed E-state index contributed by atoms with van der Waals surface area (Å²) in [7, 11) is 0. The van der Waals surface area contributed by atoms with Gasteiger partial charge < -0.3 is 0 Å². The first kappa shape index (κ1) is 72.3. The van der Waals surface area contributed by atoms with Crippen LogP contribution in [0.1, 0.15) is 284 Å². The standard InChI is InChI=1S/2C10H19N3O.2C10H19N3.2C9H18N4/c2*1-9(2,3)7-8(14)13(12-11-7)10(4,5)6;2*1-9(2,3)8-7-13(12-11-8)10(4,5)6;1-8(2,3)7-10-11-12-13(7)9(4,5)6;1-8(2,3)7-10-12-13(11-7)9(4,5)6/h2*12H,1-6H3;2*7H,1-6H3;2*1-6H3. The summed E-state index contributed by atoms with van der Waals surface area (Å²) in [6.07, 6.45) is 4.06. The second kappa shape index (κ2) is 24.8. The molecular formula is C58H112N20O2. The third-order valence-electron chi connectivity index (χ3n) is 11.5. The number of aromatic amines is 2. The number of rotatable bonds is 0. The zero-order valence-corrected chi connectivity index (χ0v) is 57.0. The summed E-state index contributed by atoms with van der Waals surface area (Å²) < 4.78 is 8.83. The first-order valence-corrected chi connectivity index (χ1v) is 28.0. The number of hydrogen-bond acceptors (Lipinski definition) is 14. The van der Waals surface area contributed by atoms with Gasteiger partial charge in [-0.2, -0.15) is 15.0 Å². The van der Waals surface area contributed by atoms with Gasteiger partial charge in [-0.1, -0.05) is 135 Å². The number of nitrogens with one attached hydrogen (secondary N) is 2. The molecule has 0 bridgehead atoms. The van der Waals surface area contributed by atoms with E-state index in [0.29, 0.717) is 11.4 Å². The van der Waals surface area contributed by atoms with E-state index in [4.69, 9.17) is 0 Å². The Balaban J connectivity index is 0.000000480. The Kier molecular flexibility index (Phi) is 22.4. The Bertz CT molecular complexity index is 2520. The molecular weight excluding hydrogens is 1010 g/mol. The first-order chi connectivity index (χ1) is 35.1. The molecule has 0 aromatic carbocycles. The van der Waals surface area contributed by atoms with Gasteiger partial charge in [0, 0.05) is 44.9 Å². The van der Waals surface area contributed by atoms with Crippen LogP contribution in [0.5, 0.6) is 0 Å². The molecule has 6 aromatic rings. The van der Waals surface area contributed by atoms with Crippen LogP contribution >= 0.6 is 0 Å². The second-order valence-electron chi connectivity index (χ2n) is 32.8. The van der Waals surface area contributed by atoms with Crippen LogP contribution in [0.3, 0.4) is 0 Å². The first-order valence-electron chi connectivity index (χ1n) is 28.0. The quantitative estimate of drug-likeness (QED) is 0.144. The zero-order chi connectivity index (χ0) is 63.4. The van der Waals surface area contributed by atoms with Gasteiger partial charge in [0.25, 0.3) is 11.1 Å². The lowest BCUT2D eigenvalue weighted by Crippen LogP contribution is -2.35. The average molecular weight is 1120 g/mol. The molecule has 0 saturated heterocycles. The fraction of sp³-hybridized carbons (Fsp3) is 0.828. The molecule has 22 nitrogen and oxygen atoms in total. The van der Waals surface area contributed by atoms with Crippen molar-refractivity contribution in [2.24, 2.45) is 0 Å². The van der Waals surface area contributed by atoms with Crippen molar-refractivity contribution in [3.8, 4) is 0 Å². The summed E-state index contributed by atoms with van der Waals surface area (Å²) in [6, 6.07) is 0. The Hall–Kier alpha value is -5.70. The van der Waals surface area contributed by atoms with Crippen LogP contribution in [0.2, 0.25) is 0 Å². The van der Waals surface area contributed by atoms with E-state index in [1.807, 2.05) is 110 Å². The molecule has 0 aliphatic rings. The van der Waals surface area contributed by atoms with Gasteiger partial charge in [-0.25, -0.2) is 33.8 Å². The van der Waals surface area contributed by atoms with Gasteiger partial charge in [0.15, 0.2) is 11.6 Å². The lowest BCUT2D eigenvalue weighted by Gasteiger charge is -2.25. The van der Waals surface area contributed by atoms with Gasteiger partial charge in [0.05, 0.1) is 44.6 Å². The lowest BCUT2D eigenvalue weighted by atomic mass is 9.93. The van der Waals surface area contributed by atoms with Crippen molar-refractivity contribution >= 4 is 0 Å². The number of H-pyrrole nitrogens is 2. The molecule has 0 fully saturated rings. The van der Waals surface area contributed by atoms with Crippen molar-refractivity contribution in [1.29, 1.82) is 0 Å². The molecule has 6 heterocycles. The van der Waals surface area contributed by atoms with Crippen molar-refractivity contribution in [3.63, 3.8) is 0 Å². The second-order valence-corrected chi connectivity index (χ2v) is 32.8. The predicted octanol–water partition coefficient (Wildman–Crippen LogP) is 11.4. The molecule has 0 saturated carbocycles. The predicted molar refractivity (Wildman–Crippen MR) is 324 cm³/mol. The summed E-state index contributed by atoms with van der Waals surface area (Å²) in [5, 5.41) is 54.5. The minimum absolute atomic E-state index is 0.00319. The maximum Gasteiger partial charge on any atom is 0.290 e. The van der Waals surface area contributed by atoms with Crippen molar-refractivity contribution in [2.75, 3.05) is 0 Å². The van der Waals surface area contributed by atoms with E-state index in [9.17, 15) is 9.59 Å². The molecule has 0 amide bonds. The summed E-state index contributed by atoms with van der Waals surface area (Å²) in [4.78, 5) is 25.5. The summed E-state index contributed by atoms with van der Waals surface area (Å²) >= 11 is 0. The average Bonchev–Trinajstić information content (AvgIpc) is 4.06. The maximum atomic E-state index is 11.9. The molecule has 0 unspecified atom stereocenters. The highest BCUT2D eigenvalue weighted by Gasteiger charge is 2.30. The van der Waals surface area contributed by atoms with E-state index >= 15 is 0 Å². The molecule has 22 heteroatoms. The van der Waals surface area contributed by atoms with Gasteiger partial charge in [-0.15, -0.1) is 25.5 Å². The zero-order valence-electron chi connectivity index (χ0n) is 57.0. The van der Waals surface area contributed by atoms with Crippen LogP contribution in [0, 0.1) is 0 Å². The maximum absolute atomic E-state index is 11.9.